The number of hydrogen-bond acceptors (Lipinski definition) is 3. The van der Waals surface area contributed by atoms with Crippen molar-refractivity contribution in [2.24, 2.45) is 0 Å². The molecule has 0 fully saturated rings. The number of aromatic nitrogens is 3. The highest BCUT2D eigenvalue weighted by molar-refractivity contribution is 6.30. The molecule has 0 spiro atoms. The van der Waals surface area contributed by atoms with Gasteiger partial charge in [-0.3, -0.25) is 4.79 Å². The predicted octanol–water partition coefficient (Wildman–Crippen LogP) is 2.92. The Bertz CT molecular complexity index is 546. The van der Waals surface area contributed by atoms with Crippen LogP contribution in [0.4, 0.5) is 0 Å². The Morgan fingerprint density at radius 1 is 1.33 bits per heavy atom. The van der Waals surface area contributed by atoms with E-state index in [0.29, 0.717) is 17.1 Å². The first-order valence-corrected chi connectivity index (χ1v) is 6.13. The van der Waals surface area contributed by atoms with Gasteiger partial charge < -0.3 is 0 Å². The number of aldehydes is 1. The normalized spacial score (nSPS) is 10.9. The van der Waals surface area contributed by atoms with E-state index in [-0.39, 0.29) is 6.04 Å². The van der Waals surface area contributed by atoms with Gasteiger partial charge in [0.15, 0.2) is 6.29 Å². The molecule has 0 aliphatic rings. The Balaban J connectivity index is 2.35. The molecule has 0 saturated heterocycles. The van der Waals surface area contributed by atoms with Crippen molar-refractivity contribution in [2.45, 2.75) is 26.3 Å². The number of nitrogens with zero attached hydrogens (tertiary/aromatic N) is 3. The zero-order valence-electron chi connectivity index (χ0n) is 10.3. The van der Waals surface area contributed by atoms with E-state index in [1.807, 2.05) is 38.1 Å². The van der Waals surface area contributed by atoms with Gasteiger partial charge in [0.1, 0.15) is 5.69 Å². The van der Waals surface area contributed by atoms with Crippen LogP contribution in [0.15, 0.2) is 24.3 Å². The SMILES string of the molecule is CC(C)n1nnc(C=O)c1Cc1ccc(Cl)cc1. The van der Waals surface area contributed by atoms with Gasteiger partial charge in [-0.25, -0.2) is 4.68 Å². The van der Waals surface area contributed by atoms with E-state index in [0.717, 1.165) is 17.5 Å². The Kier molecular flexibility index (Phi) is 3.77. The molecule has 5 heteroatoms. The fraction of sp³-hybridized carbons (Fsp3) is 0.308. The van der Waals surface area contributed by atoms with Crippen LogP contribution in [-0.2, 0) is 6.42 Å². The van der Waals surface area contributed by atoms with Gasteiger partial charge in [0, 0.05) is 17.5 Å². The zero-order valence-corrected chi connectivity index (χ0v) is 11.1. The van der Waals surface area contributed by atoms with Crippen LogP contribution in [0.3, 0.4) is 0 Å². The second-order valence-corrected chi connectivity index (χ2v) is 4.82. The lowest BCUT2D eigenvalue weighted by molar-refractivity contribution is 0.111. The van der Waals surface area contributed by atoms with Crippen molar-refractivity contribution < 1.29 is 4.79 Å². The largest absolute Gasteiger partial charge is 0.296 e. The van der Waals surface area contributed by atoms with E-state index in [4.69, 9.17) is 11.6 Å². The number of rotatable bonds is 4. The van der Waals surface area contributed by atoms with E-state index < -0.39 is 0 Å². The molecule has 0 aliphatic heterocycles. The maximum Gasteiger partial charge on any atom is 0.172 e. The van der Waals surface area contributed by atoms with Gasteiger partial charge >= 0.3 is 0 Å². The maximum atomic E-state index is 11.0. The second kappa shape index (κ2) is 5.31. The summed E-state index contributed by atoms with van der Waals surface area (Å²) in [4.78, 5) is 11.0. The van der Waals surface area contributed by atoms with Gasteiger partial charge in [-0.2, -0.15) is 0 Å². The minimum absolute atomic E-state index is 0.175. The summed E-state index contributed by atoms with van der Waals surface area (Å²) in [5.74, 6) is 0. The second-order valence-electron chi connectivity index (χ2n) is 4.38. The summed E-state index contributed by atoms with van der Waals surface area (Å²) in [6.07, 6.45) is 1.37. The van der Waals surface area contributed by atoms with Crippen LogP contribution in [-0.4, -0.2) is 21.3 Å². The van der Waals surface area contributed by atoms with Crippen molar-refractivity contribution in [3.63, 3.8) is 0 Å². The molecule has 1 aromatic heterocycles. The van der Waals surface area contributed by atoms with E-state index in [1.165, 1.54) is 0 Å². The number of hydrogen-bond donors (Lipinski definition) is 0. The van der Waals surface area contributed by atoms with E-state index >= 15 is 0 Å². The van der Waals surface area contributed by atoms with Crippen molar-refractivity contribution in [3.05, 3.63) is 46.2 Å². The minimum atomic E-state index is 0.175. The number of benzene rings is 1. The topological polar surface area (TPSA) is 47.8 Å². The molecule has 2 aromatic rings. The lowest BCUT2D eigenvalue weighted by Gasteiger charge is -2.10. The summed E-state index contributed by atoms with van der Waals surface area (Å²) < 4.78 is 1.78. The van der Waals surface area contributed by atoms with Gasteiger partial charge in [0.25, 0.3) is 0 Å². The monoisotopic (exact) mass is 263 g/mol. The fourth-order valence-electron chi connectivity index (χ4n) is 1.80. The summed E-state index contributed by atoms with van der Waals surface area (Å²) in [5, 5.41) is 8.60. The number of halogens is 1. The Hall–Kier alpha value is -1.68. The van der Waals surface area contributed by atoms with Crippen LogP contribution >= 0.6 is 11.6 Å². The molecule has 0 aliphatic carbocycles. The van der Waals surface area contributed by atoms with Crippen LogP contribution in [0.2, 0.25) is 5.02 Å². The third kappa shape index (κ3) is 2.59. The van der Waals surface area contributed by atoms with Gasteiger partial charge in [-0.1, -0.05) is 28.9 Å². The first kappa shape index (κ1) is 12.8. The first-order chi connectivity index (χ1) is 8.61. The Morgan fingerprint density at radius 3 is 2.56 bits per heavy atom. The standard InChI is InChI=1S/C13H14ClN3O/c1-9(2)17-13(12(8-18)15-16-17)7-10-3-5-11(14)6-4-10/h3-6,8-9H,7H2,1-2H3. The fourth-order valence-corrected chi connectivity index (χ4v) is 1.93. The van der Waals surface area contributed by atoms with Crippen molar-refractivity contribution >= 4 is 17.9 Å². The Morgan fingerprint density at radius 2 is 2.00 bits per heavy atom. The average molecular weight is 264 g/mol. The lowest BCUT2D eigenvalue weighted by Crippen LogP contribution is -2.09. The molecule has 2 rings (SSSR count). The smallest absolute Gasteiger partial charge is 0.172 e. The van der Waals surface area contributed by atoms with Crippen LogP contribution in [0.5, 0.6) is 0 Å². The van der Waals surface area contributed by atoms with Gasteiger partial charge in [-0.15, -0.1) is 5.10 Å². The van der Waals surface area contributed by atoms with Crippen molar-refractivity contribution in [3.8, 4) is 0 Å². The van der Waals surface area contributed by atoms with Crippen LogP contribution in [0, 0.1) is 0 Å². The third-order valence-corrected chi connectivity index (χ3v) is 2.96. The van der Waals surface area contributed by atoms with Gasteiger partial charge in [0.05, 0.1) is 5.69 Å². The molecule has 18 heavy (non-hydrogen) atoms. The Labute approximate surface area is 111 Å². The zero-order chi connectivity index (χ0) is 13.1. The van der Waals surface area contributed by atoms with Crippen LogP contribution in [0.25, 0.3) is 0 Å². The number of carbonyl (C=O) groups is 1. The summed E-state index contributed by atoms with van der Waals surface area (Å²) >= 11 is 5.85. The molecule has 1 aromatic carbocycles. The molecule has 0 N–H and O–H groups in total. The van der Waals surface area contributed by atoms with E-state index in [2.05, 4.69) is 10.3 Å². The molecule has 94 valence electrons. The maximum absolute atomic E-state index is 11.0. The molecule has 0 amide bonds. The molecule has 0 atom stereocenters. The van der Waals surface area contributed by atoms with E-state index in [9.17, 15) is 4.79 Å². The molecule has 1 heterocycles. The van der Waals surface area contributed by atoms with E-state index in [1.54, 1.807) is 4.68 Å². The summed E-state index contributed by atoms with van der Waals surface area (Å²) in [6, 6.07) is 7.72. The lowest BCUT2D eigenvalue weighted by atomic mass is 10.1. The van der Waals surface area contributed by atoms with Crippen molar-refractivity contribution in [1.82, 2.24) is 15.0 Å². The molecule has 0 saturated carbocycles. The number of carbonyl (C=O) groups excluding carboxylic acids is 1. The summed E-state index contributed by atoms with van der Waals surface area (Å²) in [7, 11) is 0. The highest BCUT2D eigenvalue weighted by Crippen LogP contribution is 2.17. The summed E-state index contributed by atoms with van der Waals surface area (Å²) in [5.41, 5.74) is 2.31. The molecule has 4 nitrogen and oxygen atoms in total. The molecule has 0 radical (unpaired) electrons. The molecular formula is C13H14ClN3O. The first-order valence-electron chi connectivity index (χ1n) is 5.75. The van der Waals surface area contributed by atoms with Crippen molar-refractivity contribution in [1.29, 1.82) is 0 Å². The quantitative estimate of drug-likeness (QED) is 0.797. The predicted molar refractivity (Wildman–Crippen MR) is 70.1 cm³/mol. The van der Waals surface area contributed by atoms with Crippen LogP contribution in [0.1, 0.15) is 41.6 Å². The highest BCUT2D eigenvalue weighted by atomic mass is 35.5. The highest BCUT2D eigenvalue weighted by Gasteiger charge is 2.14. The van der Waals surface area contributed by atoms with Gasteiger partial charge in [-0.05, 0) is 31.5 Å². The average Bonchev–Trinajstić information content (AvgIpc) is 2.75. The molecule has 0 bridgehead atoms. The molecular weight excluding hydrogens is 250 g/mol. The minimum Gasteiger partial charge on any atom is -0.296 e. The van der Waals surface area contributed by atoms with Gasteiger partial charge in [0.2, 0.25) is 0 Å². The third-order valence-electron chi connectivity index (χ3n) is 2.71. The van der Waals surface area contributed by atoms with Crippen molar-refractivity contribution in [2.75, 3.05) is 0 Å². The summed E-state index contributed by atoms with van der Waals surface area (Å²) in [6.45, 7) is 4.02. The van der Waals surface area contributed by atoms with Crippen LogP contribution < -0.4 is 0 Å². The molecule has 0 unspecified atom stereocenters.